The Hall–Kier alpha value is -1.70. The van der Waals surface area contributed by atoms with E-state index in [4.69, 9.17) is 16.3 Å². The average Bonchev–Trinajstić information content (AvgIpc) is 3.20. The van der Waals surface area contributed by atoms with Crippen molar-refractivity contribution in [3.63, 3.8) is 0 Å². The number of nitrogens with one attached hydrogen (secondary N) is 1. The van der Waals surface area contributed by atoms with Crippen LogP contribution in [0.4, 0.5) is 10.5 Å². The van der Waals surface area contributed by atoms with Gasteiger partial charge in [0, 0.05) is 16.5 Å². The Bertz CT molecular complexity index is 661. The van der Waals surface area contributed by atoms with Gasteiger partial charge in [0.2, 0.25) is 0 Å². The molecule has 0 spiro atoms. The van der Waals surface area contributed by atoms with Crippen molar-refractivity contribution in [1.82, 2.24) is 0 Å². The van der Waals surface area contributed by atoms with E-state index in [1.807, 2.05) is 0 Å². The lowest BCUT2D eigenvalue weighted by Crippen LogP contribution is -2.29. The molecule has 1 atom stereocenters. The number of ether oxygens (including phenoxy) is 1. The fourth-order valence-corrected chi connectivity index (χ4v) is 2.15. The second-order valence-corrected chi connectivity index (χ2v) is 7.37. The van der Waals surface area contributed by atoms with Crippen LogP contribution in [0.1, 0.15) is 46.1 Å². The van der Waals surface area contributed by atoms with E-state index in [0.29, 0.717) is 22.2 Å². The third-order valence-corrected chi connectivity index (χ3v) is 3.47. The monoisotopic (exact) mass is 335 g/mol. The molecule has 0 unspecified atom stereocenters. The Morgan fingerprint density at radius 2 is 2.00 bits per heavy atom. The zero-order chi connectivity index (χ0) is 17.3. The maximum absolute atomic E-state index is 12.0. The predicted molar refractivity (Wildman–Crippen MR) is 91.4 cm³/mol. The molecule has 0 saturated heterocycles. The van der Waals surface area contributed by atoms with E-state index < -0.39 is 17.3 Å². The van der Waals surface area contributed by atoms with E-state index in [1.165, 1.54) is 0 Å². The van der Waals surface area contributed by atoms with Crippen LogP contribution in [-0.4, -0.2) is 16.8 Å². The molecule has 4 nitrogen and oxygen atoms in total. The first-order valence-corrected chi connectivity index (χ1v) is 8.00. The van der Waals surface area contributed by atoms with E-state index in [1.54, 1.807) is 45.9 Å². The number of aliphatic hydroxyl groups is 1. The van der Waals surface area contributed by atoms with E-state index in [2.05, 4.69) is 17.2 Å². The smallest absolute Gasteiger partial charge is 0.412 e. The van der Waals surface area contributed by atoms with Crippen molar-refractivity contribution in [2.75, 3.05) is 5.32 Å². The Morgan fingerprint density at radius 3 is 2.57 bits per heavy atom. The van der Waals surface area contributed by atoms with Crippen molar-refractivity contribution in [3.8, 4) is 11.8 Å². The minimum absolute atomic E-state index is 0.364. The fourth-order valence-electron chi connectivity index (χ4n) is 1.98. The molecule has 0 aromatic heterocycles. The van der Waals surface area contributed by atoms with Gasteiger partial charge in [-0.2, -0.15) is 0 Å². The van der Waals surface area contributed by atoms with Crippen LogP contribution in [0.15, 0.2) is 18.2 Å². The van der Waals surface area contributed by atoms with Gasteiger partial charge in [0.15, 0.2) is 0 Å². The topological polar surface area (TPSA) is 58.6 Å². The van der Waals surface area contributed by atoms with Gasteiger partial charge < -0.3 is 9.84 Å². The van der Waals surface area contributed by atoms with Crippen LogP contribution in [-0.2, 0) is 10.3 Å². The summed E-state index contributed by atoms with van der Waals surface area (Å²) in [6.45, 7) is 6.94. The maximum atomic E-state index is 12.0. The van der Waals surface area contributed by atoms with Crippen molar-refractivity contribution in [2.24, 2.45) is 5.92 Å². The average molecular weight is 336 g/mol. The molecule has 0 heterocycles. The number of carbonyl (C=O) groups is 1. The molecule has 1 aromatic carbocycles. The Morgan fingerprint density at radius 1 is 1.35 bits per heavy atom. The molecule has 0 radical (unpaired) electrons. The van der Waals surface area contributed by atoms with Gasteiger partial charge in [-0.3, -0.25) is 5.32 Å². The first-order chi connectivity index (χ1) is 10.6. The van der Waals surface area contributed by atoms with Crippen LogP contribution in [0, 0.1) is 17.8 Å². The van der Waals surface area contributed by atoms with Crippen LogP contribution in [0.5, 0.6) is 0 Å². The van der Waals surface area contributed by atoms with E-state index in [0.717, 1.165) is 12.8 Å². The molecular weight excluding hydrogens is 314 g/mol. The van der Waals surface area contributed by atoms with Gasteiger partial charge >= 0.3 is 6.09 Å². The van der Waals surface area contributed by atoms with Gasteiger partial charge in [0.25, 0.3) is 0 Å². The standard InChI is InChI=1S/C18H22ClNO3/c1-17(2,3)23-16(21)20-15-8-7-13(19)11-14(15)18(4,22)10-9-12-5-6-12/h7-8,11-12,22H,5-6H2,1-4H3,(H,20,21)/t18-/m0/s1. The number of anilines is 1. The summed E-state index contributed by atoms with van der Waals surface area (Å²) >= 11 is 6.04. The molecule has 1 aliphatic carbocycles. The lowest BCUT2D eigenvalue weighted by molar-refractivity contribution is 0.0635. The number of amides is 1. The molecule has 5 heteroatoms. The Labute approximate surface area is 142 Å². The van der Waals surface area contributed by atoms with Gasteiger partial charge in [-0.05, 0) is 58.7 Å². The van der Waals surface area contributed by atoms with Gasteiger partial charge in [0.05, 0.1) is 5.69 Å². The summed E-state index contributed by atoms with van der Waals surface area (Å²) in [4.78, 5) is 12.0. The number of hydrogen-bond acceptors (Lipinski definition) is 3. The molecular formula is C18H22ClNO3. The molecule has 1 aliphatic rings. The third kappa shape index (κ3) is 5.46. The number of carbonyl (C=O) groups excluding carboxylic acids is 1. The van der Waals surface area contributed by atoms with E-state index >= 15 is 0 Å². The number of rotatable bonds is 2. The van der Waals surface area contributed by atoms with Gasteiger partial charge in [-0.25, -0.2) is 4.79 Å². The van der Waals surface area contributed by atoms with Crippen molar-refractivity contribution in [1.29, 1.82) is 0 Å². The first-order valence-electron chi connectivity index (χ1n) is 7.62. The summed E-state index contributed by atoms with van der Waals surface area (Å²) in [5, 5.41) is 13.8. The zero-order valence-electron chi connectivity index (χ0n) is 13.9. The predicted octanol–water partition coefficient (Wildman–Crippen LogP) is 4.31. The molecule has 2 rings (SSSR count). The first kappa shape index (κ1) is 17.7. The SMILES string of the molecule is CC(C)(C)OC(=O)Nc1ccc(Cl)cc1[C@@](C)(O)C#CC1CC1. The van der Waals surface area contributed by atoms with E-state index in [9.17, 15) is 9.90 Å². The van der Waals surface area contributed by atoms with Crippen molar-refractivity contribution in [3.05, 3.63) is 28.8 Å². The second kappa shape index (κ2) is 6.43. The van der Waals surface area contributed by atoms with Crippen LogP contribution in [0.3, 0.4) is 0 Å². The lowest BCUT2D eigenvalue weighted by atomic mass is 9.94. The number of hydrogen-bond donors (Lipinski definition) is 2. The quantitative estimate of drug-likeness (QED) is 0.792. The molecule has 1 saturated carbocycles. The fraction of sp³-hybridized carbons (Fsp3) is 0.500. The maximum Gasteiger partial charge on any atom is 0.412 e. The summed E-state index contributed by atoms with van der Waals surface area (Å²) in [5.74, 6) is 6.29. The molecule has 2 N–H and O–H groups in total. The summed E-state index contributed by atoms with van der Waals surface area (Å²) in [5.41, 5.74) is -1.13. The van der Waals surface area contributed by atoms with Gasteiger partial charge in [-0.15, -0.1) is 0 Å². The molecule has 0 bridgehead atoms. The van der Waals surface area contributed by atoms with Crippen LogP contribution in [0.25, 0.3) is 0 Å². The summed E-state index contributed by atoms with van der Waals surface area (Å²) in [7, 11) is 0. The minimum atomic E-state index is -1.40. The highest BCUT2D eigenvalue weighted by Gasteiger charge is 2.27. The molecule has 23 heavy (non-hydrogen) atoms. The highest BCUT2D eigenvalue weighted by molar-refractivity contribution is 6.30. The number of benzene rings is 1. The minimum Gasteiger partial charge on any atom is -0.444 e. The van der Waals surface area contributed by atoms with Crippen LogP contribution >= 0.6 is 11.6 Å². The lowest BCUT2D eigenvalue weighted by Gasteiger charge is -2.23. The molecule has 1 fully saturated rings. The molecule has 0 aliphatic heterocycles. The molecule has 1 aromatic rings. The normalized spacial score (nSPS) is 16.8. The largest absolute Gasteiger partial charge is 0.444 e. The summed E-state index contributed by atoms with van der Waals surface area (Å²) < 4.78 is 5.25. The highest BCUT2D eigenvalue weighted by Crippen LogP contribution is 2.33. The van der Waals surface area contributed by atoms with Gasteiger partial charge in [0.1, 0.15) is 11.2 Å². The van der Waals surface area contributed by atoms with Crippen molar-refractivity contribution < 1.29 is 14.6 Å². The molecule has 124 valence electrons. The Balaban J connectivity index is 2.27. The summed E-state index contributed by atoms with van der Waals surface area (Å²) in [6, 6.07) is 4.88. The number of halogens is 1. The van der Waals surface area contributed by atoms with E-state index in [-0.39, 0.29) is 0 Å². The summed E-state index contributed by atoms with van der Waals surface area (Å²) in [6.07, 6.45) is 1.55. The van der Waals surface area contributed by atoms with Crippen LogP contribution in [0.2, 0.25) is 5.02 Å². The third-order valence-electron chi connectivity index (χ3n) is 3.24. The van der Waals surface area contributed by atoms with Crippen molar-refractivity contribution in [2.45, 2.75) is 51.7 Å². The second-order valence-electron chi connectivity index (χ2n) is 6.93. The van der Waals surface area contributed by atoms with Gasteiger partial charge in [-0.1, -0.05) is 23.4 Å². The van der Waals surface area contributed by atoms with Crippen LogP contribution < -0.4 is 5.32 Å². The Kier molecular flexibility index (Phi) is 4.93. The van der Waals surface area contributed by atoms with Crippen molar-refractivity contribution >= 4 is 23.4 Å². The molecule has 1 amide bonds. The highest BCUT2D eigenvalue weighted by atomic mass is 35.5. The zero-order valence-corrected chi connectivity index (χ0v) is 14.6.